The van der Waals surface area contributed by atoms with Crippen molar-refractivity contribution in [1.29, 1.82) is 0 Å². The number of halogens is 3. The number of hydrogen-bond donors (Lipinski definition) is 2. The molecular formula is C24H22Cl2FN3O. The first-order chi connectivity index (χ1) is 14.7. The molecule has 4 nitrogen and oxygen atoms in total. The number of pyridine rings is 1. The quantitative estimate of drug-likeness (QED) is 0.495. The lowest BCUT2D eigenvalue weighted by atomic mass is 9.91. The highest BCUT2D eigenvalue weighted by molar-refractivity contribution is 6.36. The topological polar surface area (TPSA) is 68.0 Å². The minimum absolute atomic E-state index is 0.160. The van der Waals surface area contributed by atoms with Gasteiger partial charge >= 0.3 is 0 Å². The summed E-state index contributed by atoms with van der Waals surface area (Å²) in [4.78, 5) is 16.3. The molecule has 0 aliphatic rings. The first-order valence-corrected chi connectivity index (χ1v) is 10.3. The Kier molecular flexibility index (Phi) is 6.98. The Bertz CT molecular complexity index is 1140. The highest BCUT2D eigenvalue weighted by Crippen LogP contribution is 2.38. The van der Waals surface area contributed by atoms with Crippen molar-refractivity contribution >= 4 is 29.1 Å². The van der Waals surface area contributed by atoms with Crippen LogP contribution in [-0.2, 0) is 11.3 Å². The second kappa shape index (κ2) is 9.50. The lowest BCUT2D eigenvalue weighted by Gasteiger charge is -2.21. The third-order valence-corrected chi connectivity index (χ3v) is 5.52. The smallest absolute Gasteiger partial charge is 0.217 e. The molecule has 3 N–H and O–H groups in total. The van der Waals surface area contributed by atoms with Crippen LogP contribution in [0.5, 0.6) is 0 Å². The first kappa shape index (κ1) is 22.8. The molecule has 0 bridgehead atoms. The summed E-state index contributed by atoms with van der Waals surface area (Å²) in [6.45, 7) is 7.47. The van der Waals surface area contributed by atoms with Gasteiger partial charge in [0.25, 0.3) is 0 Å². The van der Waals surface area contributed by atoms with Crippen molar-refractivity contribution in [3.05, 3.63) is 99.1 Å². The van der Waals surface area contributed by atoms with Crippen LogP contribution < -0.4 is 11.1 Å². The maximum atomic E-state index is 13.7. The van der Waals surface area contributed by atoms with E-state index in [1.165, 1.54) is 19.1 Å². The van der Waals surface area contributed by atoms with E-state index in [0.29, 0.717) is 32.7 Å². The van der Waals surface area contributed by atoms with Crippen LogP contribution in [0.1, 0.15) is 35.2 Å². The predicted molar refractivity (Wildman–Crippen MR) is 124 cm³/mol. The zero-order valence-electron chi connectivity index (χ0n) is 17.2. The zero-order valence-corrected chi connectivity index (χ0v) is 18.7. The van der Waals surface area contributed by atoms with Crippen molar-refractivity contribution < 1.29 is 9.18 Å². The van der Waals surface area contributed by atoms with E-state index >= 15 is 0 Å². The second-order valence-electron chi connectivity index (χ2n) is 7.30. The molecule has 1 atom stereocenters. The number of hydrogen-bond acceptors (Lipinski definition) is 3. The molecule has 160 valence electrons. The summed E-state index contributed by atoms with van der Waals surface area (Å²) < 4.78 is 13.7. The summed E-state index contributed by atoms with van der Waals surface area (Å²) in [5.41, 5.74) is 10.6. The van der Waals surface area contributed by atoms with Gasteiger partial charge in [-0.2, -0.15) is 0 Å². The van der Waals surface area contributed by atoms with Gasteiger partial charge < -0.3 is 11.1 Å². The van der Waals surface area contributed by atoms with Crippen molar-refractivity contribution in [2.24, 2.45) is 5.73 Å². The van der Waals surface area contributed by atoms with Crippen molar-refractivity contribution in [3.8, 4) is 11.3 Å². The lowest BCUT2D eigenvalue weighted by Crippen LogP contribution is -2.20. The van der Waals surface area contributed by atoms with E-state index in [-0.39, 0.29) is 18.3 Å². The monoisotopic (exact) mass is 457 g/mol. The number of rotatable bonds is 6. The Morgan fingerprint density at radius 1 is 1.19 bits per heavy atom. The van der Waals surface area contributed by atoms with E-state index in [9.17, 15) is 9.18 Å². The zero-order chi connectivity index (χ0) is 22.7. The van der Waals surface area contributed by atoms with Gasteiger partial charge in [-0.25, -0.2) is 4.39 Å². The number of benzene rings is 2. The van der Waals surface area contributed by atoms with E-state index < -0.39 is 5.92 Å². The molecule has 1 aromatic heterocycles. The molecule has 0 radical (unpaired) electrons. The summed E-state index contributed by atoms with van der Waals surface area (Å²) >= 11 is 12.9. The van der Waals surface area contributed by atoms with E-state index in [1.807, 2.05) is 19.1 Å². The average molecular weight is 458 g/mol. The summed E-state index contributed by atoms with van der Waals surface area (Å²) in [5, 5.41) is 3.67. The molecule has 3 aromatic rings. The molecule has 0 spiro atoms. The standard InChI is InChI=1S/C24H22Cl2FN3O/c1-13-9-17(27)7-8-18(13)21-10-16(12-29-15(3)31)11-22(30-21)23(14(2)28)24-19(25)5-4-6-20(24)26/h4-11,23H,2,12,28H2,1,3H3,(H,29,31). The molecule has 0 saturated carbocycles. The highest BCUT2D eigenvalue weighted by Gasteiger charge is 2.24. The number of aryl methyl sites for hydroxylation is 1. The lowest BCUT2D eigenvalue weighted by molar-refractivity contribution is -0.119. The molecule has 3 rings (SSSR count). The van der Waals surface area contributed by atoms with Gasteiger partial charge in [0.15, 0.2) is 0 Å². The van der Waals surface area contributed by atoms with Gasteiger partial charge in [-0.05, 0) is 60.5 Å². The largest absolute Gasteiger partial charge is 0.402 e. The van der Waals surface area contributed by atoms with Crippen molar-refractivity contribution in [2.75, 3.05) is 0 Å². The Hall–Kier alpha value is -2.89. The fraction of sp³-hybridized carbons (Fsp3) is 0.167. The van der Waals surface area contributed by atoms with E-state index in [0.717, 1.165) is 16.7 Å². The molecule has 0 fully saturated rings. The number of nitrogens with zero attached hydrogens (tertiary/aromatic N) is 1. The summed E-state index contributed by atoms with van der Waals surface area (Å²) in [7, 11) is 0. The molecule has 0 aliphatic carbocycles. The molecule has 0 aliphatic heterocycles. The van der Waals surface area contributed by atoms with Crippen LogP contribution in [0.25, 0.3) is 11.3 Å². The number of nitrogens with two attached hydrogens (primary N) is 1. The van der Waals surface area contributed by atoms with Crippen LogP contribution in [0, 0.1) is 12.7 Å². The predicted octanol–water partition coefficient (Wildman–Crippen LogP) is 5.74. The molecule has 1 unspecified atom stereocenters. The van der Waals surface area contributed by atoms with Crippen molar-refractivity contribution in [2.45, 2.75) is 26.3 Å². The van der Waals surface area contributed by atoms with Gasteiger partial charge in [-0.1, -0.05) is 35.8 Å². The Balaban J connectivity index is 2.22. The third-order valence-electron chi connectivity index (χ3n) is 4.87. The molecular weight excluding hydrogens is 436 g/mol. The molecule has 31 heavy (non-hydrogen) atoms. The Labute approximate surface area is 190 Å². The highest BCUT2D eigenvalue weighted by atomic mass is 35.5. The minimum atomic E-state index is -0.571. The molecule has 1 heterocycles. The van der Waals surface area contributed by atoms with Crippen LogP contribution in [-0.4, -0.2) is 10.9 Å². The summed E-state index contributed by atoms with van der Waals surface area (Å²) in [6.07, 6.45) is 0. The number of allylic oxidation sites excluding steroid dienone is 1. The molecule has 0 saturated heterocycles. The van der Waals surface area contributed by atoms with Gasteiger partial charge in [0.1, 0.15) is 5.82 Å². The van der Waals surface area contributed by atoms with Gasteiger partial charge in [-0.3, -0.25) is 9.78 Å². The van der Waals surface area contributed by atoms with Crippen molar-refractivity contribution in [1.82, 2.24) is 10.3 Å². The van der Waals surface area contributed by atoms with Crippen LogP contribution in [0.15, 0.2) is 60.8 Å². The third kappa shape index (κ3) is 5.24. The van der Waals surface area contributed by atoms with Crippen LogP contribution in [0.2, 0.25) is 10.0 Å². The first-order valence-electron chi connectivity index (χ1n) is 9.57. The number of carbonyl (C=O) groups is 1. The normalized spacial score (nSPS) is 11.8. The SMILES string of the molecule is C=C(N)C(c1cc(CNC(C)=O)cc(-c2ccc(F)cc2C)n1)c1c(Cl)cccc1Cl. The van der Waals surface area contributed by atoms with E-state index in [1.54, 1.807) is 24.3 Å². The van der Waals surface area contributed by atoms with E-state index in [2.05, 4.69) is 11.9 Å². The summed E-state index contributed by atoms with van der Waals surface area (Å²) in [6, 6.07) is 13.4. The van der Waals surface area contributed by atoms with Gasteiger partial charge in [0, 0.05) is 40.3 Å². The fourth-order valence-electron chi connectivity index (χ4n) is 3.45. The van der Waals surface area contributed by atoms with Gasteiger partial charge in [0.05, 0.1) is 17.3 Å². The fourth-order valence-corrected chi connectivity index (χ4v) is 4.07. The number of aromatic nitrogens is 1. The second-order valence-corrected chi connectivity index (χ2v) is 8.11. The van der Waals surface area contributed by atoms with Crippen LogP contribution >= 0.6 is 23.2 Å². The average Bonchev–Trinajstić information content (AvgIpc) is 2.68. The molecule has 2 aromatic carbocycles. The molecule has 7 heteroatoms. The van der Waals surface area contributed by atoms with Crippen LogP contribution in [0.4, 0.5) is 4.39 Å². The number of nitrogens with one attached hydrogen (secondary N) is 1. The van der Waals surface area contributed by atoms with E-state index in [4.69, 9.17) is 33.9 Å². The number of carbonyl (C=O) groups excluding carboxylic acids is 1. The Morgan fingerprint density at radius 2 is 1.87 bits per heavy atom. The minimum Gasteiger partial charge on any atom is -0.402 e. The maximum absolute atomic E-state index is 13.7. The van der Waals surface area contributed by atoms with Crippen molar-refractivity contribution in [3.63, 3.8) is 0 Å². The van der Waals surface area contributed by atoms with Gasteiger partial charge in [0.2, 0.25) is 5.91 Å². The van der Waals surface area contributed by atoms with Crippen LogP contribution in [0.3, 0.4) is 0 Å². The number of amides is 1. The Morgan fingerprint density at radius 3 is 2.45 bits per heavy atom. The summed E-state index contributed by atoms with van der Waals surface area (Å²) in [5.74, 6) is -1.06. The maximum Gasteiger partial charge on any atom is 0.217 e. The molecule has 1 amide bonds. The van der Waals surface area contributed by atoms with Gasteiger partial charge in [-0.15, -0.1) is 0 Å².